The summed E-state index contributed by atoms with van der Waals surface area (Å²) >= 11 is 0. The minimum absolute atomic E-state index is 0.184. The molecule has 0 aromatic heterocycles. The van der Waals surface area contributed by atoms with Gasteiger partial charge in [-0.1, -0.05) is 18.2 Å². The quantitative estimate of drug-likeness (QED) is 0.667. The molecule has 0 heterocycles. The molecule has 0 spiro atoms. The number of carboxylic acids is 1. The van der Waals surface area contributed by atoms with Gasteiger partial charge in [-0.15, -0.1) is 0 Å². The number of carbonyl (C=O) groups excluding carboxylic acids is 1. The summed E-state index contributed by atoms with van der Waals surface area (Å²) in [7, 11) is 0. The fourth-order valence-corrected chi connectivity index (χ4v) is 1.22. The molecular formula is C12H9F3O3. The second kappa shape index (κ2) is 5.48. The second-order valence-corrected chi connectivity index (χ2v) is 3.49. The minimum Gasteiger partial charge on any atom is -0.481 e. The van der Waals surface area contributed by atoms with E-state index in [9.17, 15) is 22.8 Å². The number of benzene rings is 1. The summed E-state index contributed by atoms with van der Waals surface area (Å²) in [6, 6.07) is 4.39. The Balaban J connectivity index is 2.83. The summed E-state index contributed by atoms with van der Waals surface area (Å²) in [5.41, 5.74) is -0.640. The van der Waals surface area contributed by atoms with Gasteiger partial charge in [0, 0.05) is 0 Å². The van der Waals surface area contributed by atoms with Crippen LogP contribution in [0.25, 0.3) is 6.08 Å². The van der Waals surface area contributed by atoms with Crippen LogP contribution in [0.1, 0.15) is 17.5 Å². The normalized spacial score (nSPS) is 11.7. The molecule has 0 bridgehead atoms. The van der Waals surface area contributed by atoms with Crippen molar-refractivity contribution in [1.29, 1.82) is 0 Å². The van der Waals surface area contributed by atoms with E-state index in [1.165, 1.54) is 12.1 Å². The van der Waals surface area contributed by atoms with Gasteiger partial charge in [0.2, 0.25) is 0 Å². The van der Waals surface area contributed by atoms with Crippen molar-refractivity contribution in [3.63, 3.8) is 0 Å². The van der Waals surface area contributed by atoms with E-state index < -0.39 is 29.9 Å². The van der Waals surface area contributed by atoms with Crippen molar-refractivity contribution in [1.82, 2.24) is 0 Å². The SMILES string of the molecule is O=C(O)CC(=O)C=Cc1cccc(C(F)(F)F)c1. The highest BCUT2D eigenvalue weighted by Crippen LogP contribution is 2.29. The van der Waals surface area contributed by atoms with E-state index in [0.29, 0.717) is 0 Å². The molecule has 0 saturated heterocycles. The highest BCUT2D eigenvalue weighted by Gasteiger charge is 2.30. The Morgan fingerprint density at radius 3 is 2.50 bits per heavy atom. The van der Waals surface area contributed by atoms with E-state index >= 15 is 0 Å². The number of halogens is 3. The molecule has 6 heteroatoms. The van der Waals surface area contributed by atoms with Crippen molar-refractivity contribution in [2.24, 2.45) is 0 Å². The third-order valence-electron chi connectivity index (χ3n) is 2.00. The van der Waals surface area contributed by atoms with Crippen LogP contribution in [-0.2, 0) is 15.8 Å². The predicted octanol–water partition coefficient (Wildman–Crippen LogP) is 2.76. The number of carbonyl (C=O) groups is 2. The molecule has 0 aliphatic carbocycles. The maximum absolute atomic E-state index is 12.4. The lowest BCUT2D eigenvalue weighted by Crippen LogP contribution is -2.05. The maximum atomic E-state index is 12.4. The van der Waals surface area contributed by atoms with Gasteiger partial charge in [0.15, 0.2) is 5.78 Å². The number of hydrogen-bond donors (Lipinski definition) is 1. The smallest absolute Gasteiger partial charge is 0.416 e. The Bertz CT molecular complexity index is 490. The van der Waals surface area contributed by atoms with Gasteiger partial charge in [0.05, 0.1) is 5.56 Å². The van der Waals surface area contributed by atoms with E-state index in [1.807, 2.05) is 0 Å². The number of ketones is 1. The first-order valence-electron chi connectivity index (χ1n) is 4.89. The van der Waals surface area contributed by atoms with Crippen LogP contribution in [0.4, 0.5) is 13.2 Å². The lowest BCUT2D eigenvalue weighted by atomic mass is 10.1. The number of allylic oxidation sites excluding steroid dienone is 1. The Hall–Kier alpha value is -2.11. The van der Waals surface area contributed by atoms with Gasteiger partial charge in [0.25, 0.3) is 0 Å². The van der Waals surface area contributed by atoms with Gasteiger partial charge in [-0.05, 0) is 23.8 Å². The molecule has 0 unspecified atom stereocenters. The van der Waals surface area contributed by atoms with Crippen LogP contribution < -0.4 is 0 Å². The summed E-state index contributed by atoms with van der Waals surface area (Å²) in [5, 5.41) is 8.33. The van der Waals surface area contributed by atoms with Crippen LogP contribution in [-0.4, -0.2) is 16.9 Å². The van der Waals surface area contributed by atoms with Crippen molar-refractivity contribution in [3.05, 3.63) is 41.5 Å². The molecule has 96 valence electrons. The van der Waals surface area contributed by atoms with Crippen LogP contribution in [0.5, 0.6) is 0 Å². The summed E-state index contributed by atoms with van der Waals surface area (Å²) in [4.78, 5) is 21.2. The van der Waals surface area contributed by atoms with Crippen molar-refractivity contribution in [2.45, 2.75) is 12.6 Å². The maximum Gasteiger partial charge on any atom is 0.416 e. The molecule has 1 aromatic rings. The van der Waals surface area contributed by atoms with Gasteiger partial charge in [-0.3, -0.25) is 9.59 Å². The predicted molar refractivity (Wildman–Crippen MR) is 57.7 cm³/mol. The first-order chi connectivity index (χ1) is 8.29. The molecule has 0 aliphatic heterocycles. The molecule has 3 nitrogen and oxygen atoms in total. The zero-order valence-corrected chi connectivity index (χ0v) is 9.07. The zero-order valence-electron chi connectivity index (χ0n) is 9.07. The Morgan fingerprint density at radius 1 is 1.28 bits per heavy atom. The summed E-state index contributed by atoms with van der Waals surface area (Å²) in [6.07, 6.45) is -3.03. The molecule has 1 rings (SSSR count). The van der Waals surface area contributed by atoms with Crippen molar-refractivity contribution < 1.29 is 27.9 Å². The van der Waals surface area contributed by atoms with Gasteiger partial charge in [-0.2, -0.15) is 13.2 Å². The van der Waals surface area contributed by atoms with Crippen LogP contribution in [0, 0.1) is 0 Å². The molecule has 0 atom stereocenters. The Morgan fingerprint density at radius 2 is 1.94 bits per heavy atom. The summed E-state index contributed by atoms with van der Waals surface area (Å²) in [6.45, 7) is 0. The van der Waals surface area contributed by atoms with E-state index in [1.54, 1.807) is 0 Å². The van der Waals surface area contributed by atoms with E-state index in [2.05, 4.69) is 0 Å². The lowest BCUT2D eigenvalue weighted by Gasteiger charge is -2.06. The van der Waals surface area contributed by atoms with Crippen LogP contribution >= 0.6 is 0 Å². The zero-order chi connectivity index (χ0) is 13.8. The minimum atomic E-state index is -4.45. The molecule has 0 aliphatic rings. The van der Waals surface area contributed by atoms with Crippen LogP contribution in [0.2, 0.25) is 0 Å². The van der Waals surface area contributed by atoms with Gasteiger partial charge in [-0.25, -0.2) is 0 Å². The fourth-order valence-electron chi connectivity index (χ4n) is 1.22. The first kappa shape index (κ1) is 14.0. The lowest BCUT2D eigenvalue weighted by molar-refractivity contribution is -0.139. The number of aliphatic carboxylic acids is 1. The highest BCUT2D eigenvalue weighted by molar-refractivity contribution is 6.03. The summed E-state index contributed by atoms with van der Waals surface area (Å²) < 4.78 is 37.1. The largest absolute Gasteiger partial charge is 0.481 e. The van der Waals surface area contributed by atoms with Crippen molar-refractivity contribution in [2.75, 3.05) is 0 Å². The fraction of sp³-hybridized carbons (Fsp3) is 0.167. The van der Waals surface area contributed by atoms with Gasteiger partial charge < -0.3 is 5.11 Å². The highest BCUT2D eigenvalue weighted by atomic mass is 19.4. The second-order valence-electron chi connectivity index (χ2n) is 3.49. The first-order valence-corrected chi connectivity index (χ1v) is 4.89. The third kappa shape index (κ3) is 4.40. The molecule has 0 amide bonds. The average Bonchev–Trinajstić information content (AvgIpc) is 2.25. The van der Waals surface area contributed by atoms with E-state index in [-0.39, 0.29) is 5.56 Å². The topological polar surface area (TPSA) is 54.4 Å². The Kier molecular flexibility index (Phi) is 4.25. The monoisotopic (exact) mass is 258 g/mol. The average molecular weight is 258 g/mol. The van der Waals surface area contributed by atoms with E-state index in [0.717, 1.165) is 24.3 Å². The van der Waals surface area contributed by atoms with Crippen LogP contribution in [0.3, 0.4) is 0 Å². The number of hydrogen-bond acceptors (Lipinski definition) is 2. The van der Waals surface area contributed by atoms with Crippen LogP contribution in [0.15, 0.2) is 30.3 Å². The molecule has 1 N–H and O–H groups in total. The number of rotatable bonds is 4. The molecule has 18 heavy (non-hydrogen) atoms. The molecule has 0 radical (unpaired) electrons. The number of alkyl halides is 3. The van der Waals surface area contributed by atoms with Gasteiger partial charge in [0.1, 0.15) is 6.42 Å². The number of carboxylic acid groups (broad SMARTS) is 1. The molecule has 1 aromatic carbocycles. The third-order valence-corrected chi connectivity index (χ3v) is 2.00. The van der Waals surface area contributed by atoms with Crippen molar-refractivity contribution >= 4 is 17.8 Å². The molecule has 0 fully saturated rings. The Labute approximate surface area is 101 Å². The molecular weight excluding hydrogens is 249 g/mol. The summed E-state index contributed by atoms with van der Waals surface area (Å²) in [5.74, 6) is -1.96. The van der Waals surface area contributed by atoms with Crippen molar-refractivity contribution in [3.8, 4) is 0 Å². The standard InChI is InChI=1S/C12H9F3O3/c13-12(14,15)9-3-1-2-8(6-9)4-5-10(16)7-11(17)18/h1-6H,7H2,(H,17,18). The van der Waals surface area contributed by atoms with E-state index in [4.69, 9.17) is 5.11 Å². The molecule has 0 saturated carbocycles. The van der Waals surface area contributed by atoms with Gasteiger partial charge >= 0.3 is 12.1 Å².